The van der Waals surface area contributed by atoms with E-state index < -0.39 is 29.9 Å². The smallest absolute Gasteiger partial charge is 0.326 e. The molecule has 8 heteroatoms. The predicted octanol–water partition coefficient (Wildman–Crippen LogP) is 1.43. The Morgan fingerprint density at radius 3 is 2.11 bits per heavy atom. The lowest BCUT2D eigenvalue weighted by Crippen LogP contribution is -2.44. The van der Waals surface area contributed by atoms with Crippen LogP contribution in [0.1, 0.15) is 39.2 Å². The maximum atomic E-state index is 12.1. The minimum atomic E-state index is -1.15. The third-order valence-corrected chi connectivity index (χ3v) is 3.80. The van der Waals surface area contributed by atoms with Crippen LogP contribution < -0.4 is 15.4 Å². The normalized spacial score (nSPS) is 13.0. The first-order chi connectivity index (χ1) is 12.7. The molecule has 8 nitrogen and oxygen atoms in total. The Kier molecular flexibility index (Phi) is 9.29. The molecule has 0 radical (unpaired) electrons. The fourth-order valence-electron chi connectivity index (χ4n) is 2.55. The van der Waals surface area contributed by atoms with Gasteiger partial charge in [-0.1, -0.05) is 26.0 Å². The number of nitrogens with one attached hydrogen (secondary N) is 2. The number of benzene rings is 1. The van der Waals surface area contributed by atoms with Crippen LogP contribution in [0.3, 0.4) is 0 Å². The molecule has 0 spiro atoms. The van der Waals surface area contributed by atoms with Crippen molar-refractivity contribution in [2.75, 3.05) is 6.61 Å². The van der Waals surface area contributed by atoms with Crippen LogP contribution in [-0.4, -0.2) is 52.8 Å². The molecular formula is C19H28N2O6. The van der Waals surface area contributed by atoms with Crippen molar-refractivity contribution < 1.29 is 29.3 Å². The van der Waals surface area contributed by atoms with Crippen molar-refractivity contribution in [2.24, 2.45) is 0 Å². The number of carbonyl (C=O) groups excluding carboxylic acids is 1. The fourth-order valence-corrected chi connectivity index (χ4v) is 2.55. The maximum Gasteiger partial charge on any atom is 0.326 e. The Balaban J connectivity index is 2.61. The predicted molar refractivity (Wildman–Crippen MR) is 99.8 cm³/mol. The van der Waals surface area contributed by atoms with E-state index in [0.29, 0.717) is 12.4 Å². The molecule has 1 amide bonds. The third kappa shape index (κ3) is 8.54. The summed E-state index contributed by atoms with van der Waals surface area (Å²) in [4.78, 5) is 34.7. The Bertz CT molecular complexity index is 630. The SMILES string of the molecule is CCOc1ccc(C[C@H](NC(=O)CC[C@H](NC(C)C)C(=O)O)C(=O)O)cc1. The molecule has 0 bridgehead atoms. The summed E-state index contributed by atoms with van der Waals surface area (Å²) in [6.07, 6.45) is 0.124. The first-order valence-electron chi connectivity index (χ1n) is 8.95. The number of hydrogen-bond donors (Lipinski definition) is 4. The summed E-state index contributed by atoms with van der Waals surface area (Å²) >= 11 is 0. The van der Waals surface area contributed by atoms with E-state index in [1.54, 1.807) is 24.3 Å². The van der Waals surface area contributed by atoms with E-state index in [4.69, 9.17) is 9.84 Å². The second-order valence-electron chi connectivity index (χ2n) is 6.49. The van der Waals surface area contributed by atoms with Crippen LogP contribution in [0, 0.1) is 0 Å². The van der Waals surface area contributed by atoms with Gasteiger partial charge in [0.25, 0.3) is 0 Å². The van der Waals surface area contributed by atoms with Gasteiger partial charge in [0.15, 0.2) is 0 Å². The van der Waals surface area contributed by atoms with Gasteiger partial charge in [0.05, 0.1) is 6.61 Å². The van der Waals surface area contributed by atoms with E-state index in [9.17, 15) is 19.5 Å². The minimum Gasteiger partial charge on any atom is -0.494 e. The van der Waals surface area contributed by atoms with Gasteiger partial charge in [-0.25, -0.2) is 4.79 Å². The molecule has 0 heterocycles. The van der Waals surface area contributed by atoms with Gasteiger partial charge < -0.3 is 25.6 Å². The highest BCUT2D eigenvalue weighted by molar-refractivity contribution is 5.84. The first-order valence-corrected chi connectivity index (χ1v) is 8.95. The molecule has 0 aliphatic carbocycles. The first kappa shape index (κ1) is 22.4. The number of carbonyl (C=O) groups is 3. The summed E-state index contributed by atoms with van der Waals surface area (Å²) in [5.41, 5.74) is 0.746. The molecule has 0 saturated heterocycles. The largest absolute Gasteiger partial charge is 0.494 e. The summed E-state index contributed by atoms with van der Waals surface area (Å²) in [5, 5.41) is 23.8. The number of rotatable bonds is 12. The average Bonchev–Trinajstić information content (AvgIpc) is 2.59. The van der Waals surface area contributed by atoms with Crippen LogP contribution >= 0.6 is 0 Å². The summed E-state index contributed by atoms with van der Waals surface area (Å²) in [7, 11) is 0. The highest BCUT2D eigenvalue weighted by Crippen LogP contribution is 2.13. The highest BCUT2D eigenvalue weighted by Gasteiger charge is 2.23. The zero-order valence-electron chi connectivity index (χ0n) is 15.9. The van der Waals surface area contributed by atoms with Crippen LogP contribution in [0.25, 0.3) is 0 Å². The maximum absolute atomic E-state index is 12.1. The molecule has 1 rings (SSSR count). The lowest BCUT2D eigenvalue weighted by molar-refractivity contribution is -0.142. The van der Waals surface area contributed by atoms with Crippen LogP contribution in [0.2, 0.25) is 0 Å². The van der Waals surface area contributed by atoms with Gasteiger partial charge in [0, 0.05) is 18.9 Å². The van der Waals surface area contributed by atoms with E-state index in [0.717, 1.165) is 5.56 Å². The van der Waals surface area contributed by atoms with Crippen molar-refractivity contribution in [3.63, 3.8) is 0 Å². The Morgan fingerprint density at radius 1 is 1.04 bits per heavy atom. The molecule has 0 fully saturated rings. The van der Waals surface area contributed by atoms with E-state index in [-0.39, 0.29) is 25.3 Å². The van der Waals surface area contributed by atoms with E-state index in [1.165, 1.54) is 0 Å². The van der Waals surface area contributed by atoms with Crippen LogP contribution in [0.4, 0.5) is 0 Å². The van der Waals surface area contributed by atoms with Crippen molar-refractivity contribution in [1.29, 1.82) is 0 Å². The molecule has 0 unspecified atom stereocenters. The van der Waals surface area contributed by atoms with Crippen molar-refractivity contribution >= 4 is 17.8 Å². The topological polar surface area (TPSA) is 125 Å². The van der Waals surface area contributed by atoms with Gasteiger partial charge in [-0.05, 0) is 31.0 Å². The molecule has 2 atom stereocenters. The molecule has 150 valence electrons. The standard InChI is InChI=1S/C19H28N2O6/c1-4-27-14-7-5-13(6-8-14)11-16(19(25)26)21-17(22)10-9-15(18(23)24)20-12(2)3/h5-8,12,15-16,20H,4,9-11H2,1-3H3,(H,21,22)(H,23,24)(H,25,26)/t15-,16-/m0/s1. The van der Waals surface area contributed by atoms with Crippen molar-refractivity contribution in [3.8, 4) is 5.75 Å². The van der Waals surface area contributed by atoms with Crippen LogP contribution in [0.15, 0.2) is 24.3 Å². The Labute approximate surface area is 158 Å². The molecule has 0 aliphatic rings. The van der Waals surface area contributed by atoms with Crippen molar-refractivity contribution in [2.45, 2.75) is 58.2 Å². The summed E-state index contributed by atoms with van der Waals surface area (Å²) in [6, 6.07) is 5.01. The van der Waals surface area contributed by atoms with E-state index in [1.807, 2.05) is 20.8 Å². The summed E-state index contributed by atoms with van der Waals surface area (Å²) in [5.74, 6) is -1.99. The number of amides is 1. The van der Waals surface area contributed by atoms with Gasteiger partial charge in [-0.2, -0.15) is 0 Å². The molecule has 0 saturated carbocycles. The Morgan fingerprint density at radius 2 is 1.63 bits per heavy atom. The highest BCUT2D eigenvalue weighted by atomic mass is 16.5. The van der Waals surface area contributed by atoms with Gasteiger partial charge in [0.1, 0.15) is 17.8 Å². The van der Waals surface area contributed by atoms with Gasteiger partial charge in [0.2, 0.25) is 5.91 Å². The van der Waals surface area contributed by atoms with E-state index >= 15 is 0 Å². The van der Waals surface area contributed by atoms with E-state index in [2.05, 4.69) is 10.6 Å². The number of carboxylic acids is 2. The monoisotopic (exact) mass is 380 g/mol. The number of carboxylic acid groups (broad SMARTS) is 2. The molecule has 4 N–H and O–H groups in total. The van der Waals surface area contributed by atoms with Crippen LogP contribution in [0.5, 0.6) is 5.75 Å². The summed E-state index contributed by atoms with van der Waals surface area (Å²) < 4.78 is 5.34. The zero-order valence-corrected chi connectivity index (χ0v) is 15.9. The zero-order chi connectivity index (χ0) is 20.4. The lowest BCUT2D eigenvalue weighted by Gasteiger charge is -2.18. The van der Waals surface area contributed by atoms with Crippen LogP contribution in [-0.2, 0) is 20.8 Å². The second-order valence-corrected chi connectivity index (χ2v) is 6.49. The number of ether oxygens (including phenoxy) is 1. The number of hydrogen-bond acceptors (Lipinski definition) is 5. The second kappa shape index (κ2) is 11.2. The molecule has 1 aromatic carbocycles. The van der Waals surface area contributed by atoms with Crippen molar-refractivity contribution in [3.05, 3.63) is 29.8 Å². The molecule has 0 aromatic heterocycles. The van der Waals surface area contributed by atoms with Crippen molar-refractivity contribution in [1.82, 2.24) is 10.6 Å². The quantitative estimate of drug-likeness (QED) is 0.432. The molecular weight excluding hydrogens is 352 g/mol. The van der Waals surface area contributed by atoms with Gasteiger partial charge in [-0.15, -0.1) is 0 Å². The summed E-state index contributed by atoms with van der Waals surface area (Å²) in [6.45, 7) is 6.03. The number of aliphatic carboxylic acids is 2. The Hall–Kier alpha value is -2.61. The fraction of sp³-hybridized carbons (Fsp3) is 0.526. The molecule has 0 aliphatic heterocycles. The van der Waals surface area contributed by atoms with Gasteiger partial charge in [-0.3, -0.25) is 9.59 Å². The molecule has 27 heavy (non-hydrogen) atoms. The lowest BCUT2D eigenvalue weighted by atomic mass is 10.0. The third-order valence-electron chi connectivity index (χ3n) is 3.80. The molecule has 1 aromatic rings. The minimum absolute atomic E-state index is 0.0411. The average molecular weight is 380 g/mol. The van der Waals surface area contributed by atoms with Gasteiger partial charge >= 0.3 is 11.9 Å².